The molecule has 2 aromatic rings. The molecule has 0 aliphatic carbocycles. The molecule has 1 aliphatic rings. The van der Waals surface area contributed by atoms with E-state index in [1.165, 1.54) is 11.3 Å². The molecule has 138 valence electrons. The van der Waals surface area contributed by atoms with Crippen molar-refractivity contribution in [3.8, 4) is 0 Å². The minimum absolute atomic E-state index is 0.00324. The quantitative estimate of drug-likeness (QED) is 0.799. The van der Waals surface area contributed by atoms with Gasteiger partial charge in [-0.05, 0) is 49.1 Å². The Morgan fingerprint density at radius 2 is 1.77 bits per heavy atom. The molecule has 3 rings (SSSR count). The molecule has 1 aromatic heterocycles. The van der Waals surface area contributed by atoms with Gasteiger partial charge in [0.2, 0.25) is 5.91 Å². The first kappa shape index (κ1) is 19.2. The van der Waals surface area contributed by atoms with Gasteiger partial charge in [-0.1, -0.05) is 35.3 Å². The summed E-state index contributed by atoms with van der Waals surface area (Å²) >= 11 is 13.1. The number of amides is 2. The third-order valence-corrected chi connectivity index (χ3v) is 6.03. The Morgan fingerprint density at radius 1 is 1.08 bits per heavy atom. The number of nitrogens with one attached hydrogen (secondary N) is 1. The molecule has 1 N–H and O–H groups in total. The standard InChI is InChI=1S/C19H20Cl2N2O2S/c20-15-3-1-13(2-4-15)7-10-22-18(24)14-8-11-23(12-9-14)19(25)16-5-6-17(21)26-16/h1-6,14H,7-12H2,(H,22,24). The van der Waals surface area contributed by atoms with Crippen molar-refractivity contribution in [1.29, 1.82) is 0 Å². The molecule has 0 saturated carbocycles. The highest BCUT2D eigenvalue weighted by Gasteiger charge is 2.28. The molecule has 0 atom stereocenters. The van der Waals surface area contributed by atoms with Gasteiger partial charge in [-0.2, -0.15) is 0 Å². The third-order valence-electron chi connectivity index (χ3n) is 4.56. The van der Waals surface area contributed by atoms with Crippen LogP contribution in [0, 0.1) is 5.92 Å². The lowest BCUT2D eigenvalue weighted by atomic mass is 9.95. The topological polar surface area (TPSA) is 49.4 Å². The van der Waals surface area contributed by atoms with E-state index in [-0.39, 0.29) is 17.7 Å². The maximum Gasteiger partial charge on any atom is 0.263 e. The lowest BCUT2D eigenvalue weighted by Crippen LogP contribution is -2.43. The van der Waals surface area contributed by atoms with Crippen LogP contribution in [-0.4, -0.2) is 36.3 Å². The first-order valence-electron chi connectivity index (χ1n) is 8.59. The van der Waals surface area contributed by atoms with Gasteiger partial charge in [-0.3, -0.25) is 9.59 Å². The predicted octanol–water partition coefficient (Wildman–Crippen LogP) is 4.27. The van der Waals surface area contributed by atoms with Crippen LogP contribution in [0.5, 0.6) is 0 Å². The Kier molecular flexibility index (Phi) is 6.57. The maximum absolute atomic E-state index is 12.4. The van der Waals surface area contributed by atoms with Crippen LogP contribution in [0.3, 0.4) is 0 Å². The molecule has 1 aliphatic heterocycles. The number of halogens is 2. The van der Waals surface area contributed by atoms with Crippen molar-refractivity contribution in [2.45, 2.75) is 19.3 Å². The Hall–Kier alpha value is -1.56. The molecule has 1 saturated heterocycles. The molecule has 7 heteroatoms. The normalized spacial score (nSPS) is 15.1. The number of hydrogen-bond acceptors (Lipinski definition) is 3. The van der Waals surface area contributed by atoms with Crippen LogP contribution in [0.1, 0.15) is 28.1 Å². The van der Waals surface area contributed by atoms with Gasteiger partial charge in [0.1, 0.15) is 0 Å². The number of benzene rings is 1. The monoisotopic (exact) mass is 410 g/mol. The minimum Gasteiger partial charge on any atom is -0.356 e. The lowest BCUT2D eigenvalue weighted by molar-refractivity contribution is -0.126. The molecule has 26 heavy (non-hydrogen) atoms. The number of nitrogens with zero attached hydrogens (tertiary/aromatic N) is 1. The molecule has 0 spiro atoms. The number of rotatable bonds is 5. The molecule has 0 unspecified atom stereocenters. The SMILES string of the molecule is O=C(NCCc1ccc(Cl)cc1)C1CCN(C(=O)c2ccc(Cl)s2)CC1. The Balaban J connectivity index is 1.41. The van der Waals surface area contributed by atoms with E-state index in [2.05, 4.69) is 5.32 Å². The fourth-order valence-corrected chi connectivity index (χ4v) is 4.19. The summed E-state index contributed by atoms with van der Waals surface area (Å²) in [5, 5.41) is 3.72. The van der Waals surface area contributed by atoms with E-state index in [9.17, 15) is 9.59 Å². The fourth-order valence-electron chi connectivity index (χ4n) is 3.06. The number of thiophene rings is 1. The van der Waals surface area contributed by atoms with Crippen LogP contribution >= 0.6 is 34.5 Å². The van der Waals surface area contributed by atoms with Gasteiger partial charge >= 0.3 is 0 Å². The first-order chi connectivity index (χ1) is 12.5. The van der Waals surface area contributed by atoms with Crippen molar-refractivity contribution in [2.24, 2.45) is 5.92 Å². The van der Waals surface area contributed by atoms with Gasteiger partial charge in [0.05, 0.1) is 9.21 Å². The van der Waals surface area contributed by atoms with Crippen LogP contribution in [0.15, 0.2) is 36.4 Å². The average Bonchev–Trinajstić information content (AvgIpc) is 3.09. The summed E-state index contributed by atoms with van der Waals surface area (Å²) in [6.45, 7) is 1.81. The van der Waals surface area contributed by atoms with Gasteiger partial charge in [0.15, 0.2) is 0 Å². The van der Waals surface area contributed by atoms with E-state index in [4.69, 9.17) is 23.2 Å². The summed E-state index contributed by atoms with van der Waals surface area (Å²) in [5.41, 5.74) is 1.14. The zero-order valence-corrected chi connectivity index (χ0v) is 16.5. The van der Waals surface area contributed by atoms with Crippen LogP contribution in [0.2, 0.25) is 9.36 Å². The zero-order valence-electron chi connectivity index (χ0n) is 14.2. The molecular weight excluding hydrogens is 391 g/mol. The van der Waals surface area contributed by atoms with Crippen LogP contribution in [-0.2, 0) is 11.2 Å². The van der Waals surface area contributed by atoms with Crippen molar-refractivity contribution in [1.82, 2.24) is 10.2 Å². The van der Waals surface area contributed by atoms with Gasteiger partial charge in [-0.25, -0.2) is 0 Å². The second kappa shape index (κ2) is 8.89. The fraction of sp³-hybridized carbons (Fsp3) is 0.368. The highest BCUT2D eigenvalue weighted by molar-refractivity contribution is 7.17. The predicted molar refractivity (Wildman–Crippen MR) is 106 cm³/mol. The van der Waals surface area contributed by atoms with E-state index in [1.807, 2.05) is 24.3 Å². The van der Waals surface area contributed by atoms with Crippen molar-refractivity contribution in [2.75, 3.05) is 19.6 Å². The van der Waals surface area contributed by atoms with Crippen LogP contribution < -0.4 is 5.32 Å². The largest absolute Gasteiger partial charge is 0.356 e. The summed E-state index contributed by atoms with van der Waals surface area (Å²) in [4.78, 5) is 27.2. The Bertz CT molecular complexity index is 768. The van der Waals surface area contributed by atoms with E-state index >= 15 is 0 Å². The molecular formula is C19H20Cl2N2O2S. The number of carbonyl (C=O) groups is 2. The smallest absolute Gasteiger partial charge is 0.263 e. The lowest BCUT2D eigenvalue weighted by Gasteiger charge is -2.31. The highest BCUT2D eigenvalue weighted by Crippen LogP contribution is 2.25. The van der Waals surface area contributed by atoms with E-state index < -0.39 is 0 Å². The van der Waals surface area contributed by atoms with Gasteiger partial charge < -0.3 is 10.2 Å². The summed E-state index contributed by atoms with van der Waals surface area (Å²) in [7, 11) is 0. The molecule has 0 radical (unpaired) electrons. The van der Waals surface area contributed by atoms with Gasteiger partial charge in [0, 0.05) is 30.6 Å². The summed E-state index contributed by atoms with van der Waals surface area (Å²) in [5.74, 6) is 0.0462. The summed E-state index contributed by atoms with van der Waals surface area (Å²) < 4.78 is 0.614. The summed E-state index contributed by atoms with van der Waals surface area (Å²) in [6, 6.07) is 11.1. The average molecular weight is 411 g/mol. The van der Waals surface area contributed by atoms with Gasteiger partial charge in [-0.15, -0.1) is 11.3 Å². The number of hydrogen-bond donors (Lipinski definition) is 1. The van der Waals surface area contributed by atoms with E-state index in [0.717, 1.165) is 12.0 Å². The van der Waals surface area contributed by atoms with E-state index in [1.54, 1.807) is 17.0 Å². The first-order valence-corrected chi connectivity index (χ1v) is 10.2. The Labute approximate surface area is 167 Å². The highest BCUT2D eigenvalue weighted by atomic mass is 35.5. The molecule has 2 heterocycles. The molecule has 1 aromatic carbocycles. The maximum atomic E-state index is 12.4. The second-order valence-electron chi connectivity index (χ2n) is 6.34. The third kappa shape index (κ3) is 5.00. The van der Waals surface area contributed by atoms with Crippen LogP contribution in [0.4, 0.5) is 0 Å². The minimum atomic E-state index is -0.0313. The zero-order chi connectivity index (χ0) is 18.5. The van der Waals surface area contributed by atoms with Crippen molar-refractivity contribution < 1.29 is 9.59 Å². The molecule has 1 fully saturated rings. The Morgan fingerprint density at radius 3 is 2.38 bits per heavy atom. The molecule has 2 amide bonds. The number of likely N-dealkylation sites (tertiary alicyclic amines) is 1. The van der Waals surface area contributed by atoms with Gasteiger partial charge in [0.25, 0.3) is 5.91 Å². The molecule has 4 nitrogen and oxygen atoms in total. The number of carbonyl (C=O) groups excluding carboxylic acids is 2. The molecule has 0 bridgehead atoms. The van der Waals surface area contributed by atoms with Crippen molar-refractivity contribution >= 4 is 46.4 Å². The van der Waals surface area contributed by atoms with E-state index in [0.29, 0.717) is 46.7 Å². The van der Waals surface area contributed by atoms with Crippen molar-refractivity contribution in [3.63, 3.8) is 0 Å². The number of piperidine rings is 1. The van der Waals surface area contributed by atoms with Crippen molar-refractivity contribution in [3.05, 3.63) is 56.2 Å². The summed E-state index contributed by atoms with van der Waals surface area (Å²) in [6.07, 6.45) is 2.16. The second-order valence-corrected chi connectivity index (χ2v) is 8.49. The van der Waals surface area contributed by atoms with Crippen LogP contribution in [0.25, 0.3) is 0 Å².